The van der Waals surface area contributed by atoms with Gasteiger partial charge in [-0.1, -0.05) is 19.1 Å². The fourth-order valence-electron chi connectivity index (χ4n) is 1.97. The van der Waals surface area contributed by atoms with E-state index in [0.717, 1.165) is 35.9 Å². The molecule has 5 heteroatoms. The molecule has 0 saturated heterocycles. The first-order chi connectivity index (χ1) is 9.35. The van der Waals surface area contributed by atoms with E-state index in [0.29, 0.717) is 0 Å². The number of thiazole rings is 1. The van der Waals surface area contributed by atoms with Gasteiger partial charge in [-0.15, -0.1) is 11.3 Å². The molecule has 0 saturated carbocycles. The normalized spacial score (nSPS) is 11.2. The molecule has 0 aliphatic carbocycles. The van der Waals surface area contributed by atoms with Crippen molar-refractivity contribution < 1.29 is 0 Å². The van der Waals surface area contributed by atoms with Crippen molar-refractivity contribution in [3.63, 3.8) is 0 Å². The van der Waals surface area contributed by atoms with E-state index in [9.17, 15) is 0 Å². The Kier molecular flexibility index (Phi) is 3.57. The molecule has 0 unspecified atom stereocenters. The highest BCUT2D eigenvalue weighted by Crippen LogP contribution is 2.21. The number of nitrogens with one attached hydrogen (secondary N) is 1. The first-order valence-electron chi connectivity index (χ1n) is 6.42. The van der Waals surface area contributed by atoms with Crippen LogP contribution < -0.4 is 5.32 Å². The van der Waals surface area contributed by atoms with E-state index in [4.69, 9.17) is 0 Å². The van der Waals surface area contributed by atoms with Gasteiger partial charge in [-0.05, 0) is 24.7 Å². The average molecular weight is 272 g/mol. The van der Waals surface area contributed by atoms with E-state index in [1.54, 1.807) is 11.3 Å². The summed E-state index contributed by atoms with van der Waals surface area (Å²) in [6.45, 7) is 4.62. The van der Waals surface area contributed by atoms with Gasteiger partial charge >= 0.3 is 0 Å². The number of hydrogen-bond acceptors (Lipinski definition) is 4. The molecule has 2 aromatic heterocycles. The van der Waals surface area contributed by atoms with Gasteiger partial charge in [-0.3, -0.25) is 4.68 Å². The molecule has 1 N–H and O–H groups in total. The van der Waals surface area contributed by atoms with E-state index >= 15 is 0 Å². The van der Waals surface area contributed by atoms with Crippen LogP contribution in [0.25, 0.3) is 10.2 Å². The second-order valence-corrected chi connectivity index (χ2v) is 5.48. The van der Waals surface area contributed by atoms with Crippen molar-refractivity contribution in [3.8, 4) is 0 Å². The first kappa shape index (κ1) is 12.3. The maximum atomic E-state index is 4.62. The number of hydrogen-bond donors (Lipinski definition) is 1. The molecular weight excluding hydrogens is 256 g/mol. The molecule has 0 radical (unpaired) electrons. The smallest absolute Gasteiger partial charge is 0.115 e. The standard InChI is InChI=1S/C14H16N4S/c1-2-15-9-11-7-8-18(17-11)10-14-16-12-5-3-4-6-13(12)19-14/h3-8,15H,2,9-10H2,1H3. The van der Waals surface area contributed by atoms with Crippen molar-refractivity contribution >= 4 is 21.6 Å². The number of para-hydroxylation sites is 1. The second-order valence-electron chi connectivity index (χ2n) is 4.36. The molecule has 3 rings (SSSR count). The largest absolute Gasteiger partial charge is 0.311 e. The van der Waals surface area contributed by atoms with Gasteiger partial charge in [0, 0.05) is 12.7 Å². The van der Waals surface area contributed by atoms with Crippen molar-refractivity contribution in [3.05, 3.63) is 47.2 Å². The van der Waals surface area contributed by atoms with E-state index in [-0.39, 0.29) is 0 Å². The third kappa shape index (κ3) is 2.83. The summed E-state index contributed by atoms with van der Waals surface area (Å²) in [6, 6.07) is 10.3. The summed E-state index contributed by atoms with van der Waals surface area (Å²) in [5, 5.41) is 8.91. The van der Waals surface area contributed by atoms with Crippen LogP contribution in [0.1, 0.15) is 17.6 Å². The summed E-state index contributed by atoms with van der Waals surface area (Å²) in [7, 11) is 0. The third-order valence-corrected chi connectivity index (χ3v) is 3.91. The minimum atomic E-state index is 0.742. The molecule has 2 heterocycles. The minimum absolute atomic E-state index is 0.742. The Morgan fingerprint density at radius 3 is 3.00 bits per heavy atom. The molecule has 0 aliphatic heterocycles. The van der Waals surface area contributed by atoms with E-state index < -0.39 is 0 Å². The molecule has 0 fully saturated rings. The first-order valence-corrected chi connectivity index (χ1v) is 7.24. The van der Waals surface area contributed by atoms with Gasteiger partial charge in [0.2, 0.25) is 0 Å². The molecule has 0 aliphatic rings. The minimum Gasteiger partial charge on any atom is -0.311 e. The summed E-state index contributed by atoms with van der Waals surface area (Å²) < 4.78 is 3.18. The van der Waals surface area contributed by atoms with Crippen molar-refractivity contribution in [2.45, 2.75) is 20.0 Å². The lowest BCUT2D eigenvalue weighted by Gasteiger charge is -1.98. The van der Waals surface area contributed by atoms with Gasteiger partial charge in [-0.25, -0.2) is 4.98 Å². The molecule has 0 bridgehead atoms. The van der Waals surface area contributed by atoms with E-state index in [2.05, 4.69) is 40.5 Å². The van der Waals surface area contributed by atoms with Crippen LogP contribution in [0.5, 0.6) is 0 Å². The Morgan fingerprint density at radius 2 is 2.16 bits per heavy atom. The zero-order valence-corrected chi connectivity index (χ0v) is 11.7. The van der Waals surface area contributed by atoms with Gasteiger partial charge in [-0.2, -0.15) is 5.10 Å². The Bertz CT molecular complexity index is 638. The molecule has 98 valence electrons. The SMILES string of the molecule is CCNCc1ccn(Cc2nc3ccccc3s2)n1. The monoisotopic (exact) mass is 272 g/mol. The number of benzene rings is 1. The average Bonchev–Trinajstić information content (AvgIpc) is 3.02. The lowest BCUT2D eigenvalue weighted by molar-refractivity contribution is 0.643. The maximum absolute atomic E-state index is 4.62. The van der Waals surface area contributed by atoms with Gasteiger partial charge in [0.25, 0.3) is 0 Å². The molecule has 0 spiro atoms. The van der Waals surface area contributed by atoms with Gasteiger partial charge in [0.1, 0.15) is 5.01 Å². The van der Waals surface area contributed by atoms with Crippen LogP contribution in [0.2, 0.25) is 0 Å². The van der Waals surface area contributed by atoms with Crippen molar-refractivity contribution in [2.75, 3.05) is 6.54 Å². The molecule has 3 aromatic rings. The van der Waals surface area contributed by atoms with Crippen LogP contribution in [0.15, 0.2) is 36.5 Å². The summed E-state index contributed by atoms with van der Waals surface area (Å²) in [4.78, 5) is 4.62. The van der Waals surface area contributed by atoms with E-state index in [1.165, 1.54) is 4.70 Å². The van der Waals surface area contributed by atoms with Crippen LogP contribution in [-0.2, 0) is 13.1 Å². The van der Waals surface area contributed by atoms with Crippen LogP contribution in [0, 0.1) is 0 Å². The quantitative estimate of drug-likeness (QED) is 0.776. The Morgan fingerprint density at radius 1 is 1.26 bits per heavy atom. The predicted molar refractivity (Wildman–Crippen MR) is 78.3 cm³/mol. The fourth-order valence-corrected chi connectivity index (χ4v) is 2.92. The van der Waals surface area contributed by atoms with Gasteiger partial charge < -0.3 is 5.32 Å². The Labute approximate surface area is 116 Å². The summed E-state index contributed by atoms with van der Waals surface area (Å²) in [6.07, 6.45) is 2.01. The molecule has 0 atom stereocenters. The number of rotatable bonds is 5. The highest BCUT2D eigenvalue weighted by atomic mass is 32.1. The molecule has 4 nitrogen and oxygen atoms in total. The Hall–Kier alpha value is -1.72. The summed E-state index contributed by atoms with van der Waals surface area (Å²) in [5.74, 6) is 0. The summed E-state index contributed by atoms with van der Waals surface area (Å²) in [5.41, 5.74) is 2.14. The number of nitrogens with zero attached hydrogens (tertiary/aromatic N) is 3. The molecule has 1 aromatic carbocycles. The van der Waals surface area contributed by atoms with Gasteiger partial charge in [0.15, 0.2) is 0 Å². The van der Waals surface area contributed by atoms with Crippen molar-refractivity contribution in [2.24, 2.45) is 0 Å². The predicted octanol–water partition coefficient (Wildman–Crippen LogP) is 2.65. The van der Waals surface area contributed by atoms with Crippen molar-refractivity contribution in [1.82, 2.24) is 20.1 Å². The van der Waals surface area contributed by atoms with Crippen LogP contribution in [-0.4, -0.2) is 21.3 Å². The lowest BCUT2D eigenvalue weighted by atomic mass is 10.3. The third-order valence-electron chi connectivity index (χ3n) is 2.89. The van der Waals surface area contributed by atoms with Crippen LogP contribution in [0.3, 0.4) is 0 Å². The van der Waals surface area contributed by atoms with Crippen LogP contribution >= 0.6 is 11.3 Å². The highest BCUT2D eigenvalue weighted by molar-refractivity contribution is 7.18. The highest BCUT2D eigenvalue weighted by Gasteiger charge is 2.05. The van der Waals surface area contributed by atoms with Crippen molar-refractivity contribution in [1.29, 1.82) is 0 Å². The molecule has 19 heavy (non-hydrogen) atoms. The zero-order valence-electron chi connectivity index (χ0n) is 10.8. The van der Waals surface area contributed by atoms with E-state index in [1.807, 2.05) is 23.0 Å². The lowest BCUT2D eigenvalue weighted by Crippen LogP contribution is -2.12. The number of fused-ring (bicyclic) bond motifs is 1. The maximum Gasteiger partial charge on any atom is 0.115 e. The molecule has 0 amide bonds. The van der Waals surface area contributed by atoms with Gasteiger partial charge in [0.05, 0.1) is 22.5 Å². The topological polar surface area (TPSA) is 42.7 Å². The fraction of sp³-hybridized carbons (Fsp3) is 0.286. The number of aromatic nitrogens is 3. The zero-order chi connectivity index (χ0) is 13.1. The van der Waals surface area contributed by atoms with Crippen LogP contribution in [0.4, 0.5) is 0 Å². The second kappa shape index (κ2) is 5.50. The summed E-state index contributed by atoms with van der Waals surface area (Å²) >= 11 is 1.73. The molecular formula is C14H16N4S. The Balaban J connectivity index is 1.75.